The van der Waals surface area contributed by atoms with Crippen molar-refractivity contribution in [1.82, 2.24) is 20.2 Å². The first-order valence-electron chi connectivity index (χ1n) is 15.4. The first-order valence-corrected chi connectivity index (χ1v) is 16.2. The zero-order valence-corrected chi connectivity index (χ0v) is 25.2. The Labute approximate surface area is 260 Å². The number of benzene rings is 2. The molecule has 45 heavy (non-hydrogen) atoms. The third-order valence-electron chi connectivity index (χ3n) is 10.5. The van der Waals surface area contributed by atoms with E-state index in [-0.39, 0.29) is 70.5 Å². The maximum absolute atomic E-state index is 17.2. The summed E-state index contributed by atoms with van der Waals surface area (Å²) in [5, 5.41) is 14.4. The van der Waals surface area contributed by atoms with Gasteiger partial charge in [0.25, 0.3) is 0 Å². The molecule has 3 unspecified atom stereocenters. The van der Waals surface area contributed by atoms with Crippen LogP contribution in [0.3, 0.4) is 0 Å². The number of thiophene rings is 1. The van der Waals surface area contributed by atoms with Gasteiger partial charge in [-0.25, -0.2) is 13.2 Å². The molecule has 0 spiro atoms. The highest BCUT2D eigenvalue weighted by atomic mass is 32.1. The summed E-state index contributed by atoms with van der Waals surface area (Å²) in [6.07, 6.45) is 2.23. The standard InChI is InChI=1S/C32H30F3N7O2S/c33-15-7-32(4-1-5-41(32)11-15)14-44-31-39-28-25(30(40-31)42-16-6-17(42)10-38-9-16)20-13-43-12-19(20)24(27(28)35)26-21(34)2-3-22-23(26)18(8-36)29(37)45-22/h2-3,15-17,38H,1,4-7,9-14,37H2/t15-,16?,17?,32?/m1/s1. The van der Waals surface area contributed by atoms with Crippen LogP contribution in [0.4, 0.5) is 24.0 Å². The Morgan fingerprint density at radius 2 is 1.98 bits per heavy atom. The Bertz CT molecular complexity index is 1950. The Hall–Kier alpha value is -3.70. The van der Waals surface area contributed by atoms with Gasteiger partial charge < -0.3 is 25.4 Å². The fourth-order valence-corrected chi connectivity index (χ4v) is 9.45. The van der Waals surface area contributed by atoms with Crippen LogP contribution in [0.5, 0.6) is 6.01 Å². The van der Waals surface area contributed by atoms with Crippen molar-refractivity contribution in [2.45, 2.75) is 62.7 Å². The molecule has 4 aromatic rings. The fraction of sp³-hybridized carbons (Fsp3) is 0.469. The minimum Gasteiger partial charge on any atom is -0.461 e. The number of alkyl halides is 1. The lowest BCUT2D eigenvalue weighted by molar-refractivity contribution is 0.107. The molecule has 5 aliphatic rings. The molecule has 0 aliphatic carbocycles. The van der Waals surface area contributed by atoms with Gasteiger partial charge in [-0.3, -0.25) is 4.90 Å². The molecule has 9 nitrogen and oxygen atoms in total. The summed E-state index contributed by atoms with van der Waals surface area (Å²) in [5.41, 5.74) is 7.07. The number of nitrogens with two attached hydrogens (primary N) is 1. The predicted molar refractivity (Wildman–Crippen MR) is 164 cm³/mol. The lowest BCUT2D eigenvalue weighted by Gasteiger charge is -2.54. The Kier molecular flexibility index (Phi) is 6.07. The molecule has 2 bridgehead atoms. The molecule has 2 aromatic carbocycles. The Morgan fingerprint density at radius 1 is 1.16 bits per heavy atom. The van der Waals surface area contributed by atoms with Gasteiger partial charge >= 0.3 is 6.01 Å². The van der Waals surface area contributed by atoms with E-state index in [0.717, 1.165) is 50.2 Å². The second-order valence-corrected chi connectivity index (χ2v) is 14.0. The average molecular weight is 634 g/mol. The molecule has 5 aliphatic heterocycles. The van der Waals surface area contributed by atoms with Crippen molar-refractivity contribution in [2.75, 3.05) is 43.4 Å². The van der Waals surface area contributed by atoms with Crippen LogP contribution >= 0.6 is 11.3 Å². The molecule has 0 saturated carbocycles. The van der Waals surface area contributed by atoms with Gasteiger partial charge in [0.2, 0.25) is 0 Å². The van der Waals surface area contributed by atoms with Gasteiger partial charge in [-0.1, -0.05) is 0 Å². The maximum atomic E-state index is 17.2. The van der Waals surface area contributed by atoms with Crippen LogP contribution < -0.4 is 20.7 Å². The molecular weight excluding hydrogens is 603 g/mol. The second-order valence-electron chi connectivity index (χ2n) is 12.9. The van der Waals surface area contributed by atoms with E-state index in [9.17, 15) is 9.65 Å². The third-order valence-corrected chi connectivity index (χ3v) is 11.5. The number of ether oxygens (including phenoxy) is 2. The number of nitrogens with zero attached hydrogens (tertiary/aromatic N) is 5. The summed E-state index contributed by atoms with van der Waals surface area (Å²) in [5.74, 6) is -0.811. The highest BCUT2D eigenvalue weighted by molar-refractivity contribution is 7.23. The first-order chi connectivity index (χ1) is 21.9. The molecule has 232 valence electrons. The second kappa shape index (κ2) is 9.90. The van der Waals surface area contributed by atoms with Crippen LogP contribution in [0.2, 0.25) is 0 Å². The zero-order chi connectivity index (χ0) is 30.6. The van der Waals surface area contributed by atoms with Crippen molar-refractivity contribution in [3.05, 3.63) is 40.5 Å². The summed E-state index contributed by atoms with van der Waals surface area (Å²) in [4.78, 5) is 13.9. The normalized spacial score (nSPS) is 27.2. The van der Waals surface area contributed by atoms with E-state index in [0.29, 0.717) is 40.0 Å². The molecule has 9 rings (SSSR count). The van der Waals surface area contributed by atoms with E-state index in [1.165, 1.54) is 6.07 Å². The lowest BCUT2D eigenvalue weighted by atomic mass is 9.86. The Balaban J connectivity index is 1.27. The number of fused-ring (bicyclic) bond motifs is 7. The van der Waals surface area contributed by atoms with Crippen LogP contribution in [-0.2, 0) is 18.0 Å². The number of piperazine rings is 1. The number of nitriles is 1. The Morgan fingerprint density at radius 3 is 2.78 bits per heavy atom. The molecule has 7 heterocycles. The van der Waals surface area contributed by atoms with Crippen LogP contribution in [0.25, 0.3) is 32.1 Å². The number of rotatable bonds is 5. The SMILES string of the molecule is N#Cc1c(N)sc2ccc(F)c(-c3c4c(c5c(N6C7CNCC6C7)nc(OCC67CCCN6C[C@H](F)C7)nc5c3F)COC4)c12. The summed E-state index contributed by atoms with van der Waals surface area (Å²) in [6, 6.07) is 5.30. The highest BCUT2D eigenvalue weighted by Crippen LogP contribution is 2.49. The summed E-state index contributed by atoms with van der Waals surface area (Å²) < 4.78 is 60.4. The number of piperidine rings is 1. The maximum Gasteiger partial charge on any atom is 0.319 e. The van der Waals surface area contributed by atoms with Crippen molar-refractivity contribution in [3.63, 3.8) is 0 Å². The number of anilines is 2. The van der Waals surface area contributed by atoms with Gasteiger partial charge in [-0.2, -0.15) is 15.2 Å². The number of hydrogen-bond acceptors (Lipinski definition) is 10. The van der Waals surface area contributed by atoms with E-state index < -0.39 is 23.3 Å². The van der Waals surface area contributed by atoms with Gasteiger partial charge in [0.1, 0.15) is 41.0 Å². The van der Waals surface area contributed by atoms with Crippen LogP contribution in [-0.4, -0.2) is 71.4 Å². The quantitative estimate of drug-likeness (QED) is 0.321. The molecule has 2 aromatic heterocycles. The van der Waals surface area contributed by atoms with Gasteiger partial charge in [-0.05, 0) is 49.1 Å². The van der Waals surface area contributed by atoms with Crippen LogP contribution in [0, 0.1) is 23.0 Å². The molecule has 3 N–H and O–H groups in total. The minimum absolute atomic E-state index is 0.0128. The van der Waals surface area contributed by atoms with Gasteiger partial charge in [-0.15, -0.1) is 11.3 Å². The number of halogens is 3. The number of aromatic nitrogens is 2. The fourth-order valence-electron chi connectivity index (χ4n) is 8.52. The topological polar surface area (TPSA) is 113 Å². The average Bonchev–Trinajstić information content (AvgIpc) is 3.79. The van der Waals surface area contributed by atoms with Crippen molar-refractivity contribution < 1.29 is 22.6 Å². The van der Waals surface area contributed by atoms with E-state index >= 15 is 8.78 Å². The number of hydrogen-bond donors (Lipinski definition) is 2. The van der Waals surface area contributed by atoms with Crippen molar-refractivity contribution in [1.29, 1.82) is 5.26 Å². The summed E-state index contributed by atoms with van der Waals surface area (Å²) >= 11 is 1.16. The van der Waals surface area contributed by atoms with E-state index in [4.69, 9.17) is 20.2 Å². The summed E-state index contributed by atoms with van der Waals surface area (Å²) in [6.45, 7) is 3.20. The summed E-state index contributed by atoms with van der Waals surface area (Å²) in [7, 11) is 0. The van der Waals surface area contributed by atoms with Crippen LogP contribution in [0.1, 0.15) is 42.4 Å². The molecule has 4 fully saturated rings. The van der Waals surface area contributed by atoms with Crippen molar-refractivity contribution in [2.24, 2.45) is 0 Å². The predicted octanol–water partition coefficient (Wildman–Crippen LogP) is 4.78. The first kappa shape index (κ1) is 27.6. The van der Waals surface area contributed by atoms with Gasteiger partial charge in [0.05, 0.1) is 29.7 Å². The zero-order valence-electron chi connectivity index (χ0n) is 24.3. The van der Waals surface area contributed by atoms with Gasteiger partial charge in [0.15, 0.2) is 5.82 Å². The third kappa shape index (κ3) is 3.89. The minimum atomic E-state index is -0.917. The van der Waals surface area contributed by atoms with E-state index in [2.05, 4.69) is 26.2 Å². The molecule has 4 saturated heterocycles. The van der Waals surface area contributed by atoms with E-state index in [1.54, 1.807) is 6.07 Å². The lowest BCUT2D eigenvalue weighted by Crippen LogP contribution is -2.68. The number of nitrogens with one attached hydrogen (secondary N) is 1. The molecular formula is C32H30F3N7O2S. The van der Waals surface area contributed by atoms with Crippen LogP contribution in [0.15, 0.2) is 12.1 Å². The molecule has 0 radical (unpaired) electrons. The monoisotopic (exact) mass is 633 g/mol. The molecule has 0 amide bonds. The largest absolute Gasteiger partial charge is 0.461 e. The molecule has 4 atom stereocenters. The van der Waals surface area contributed by atoms with Crippen molar-refractivity contribution in [3.8, 4) is 23.2 Å². The van der Waals surface area contributed by atoms with E-state index in [1.807, 2.05) is 0 Å². The molecule has 13 heteroatoms. The highest BCUT2D eigenvalue weighted by Gasteiger charge is 2.50. The number of nitrogen functional groups attached to an aromatic ring is 1. The smallest absolute Gasteiger partial charge is 0.319 e. The van der Waals surface area contributed by atoms with Gasteiger partial charge in [0, 0.05) is 59.4 Å². The van der Waals surface area contributed by atoms with Crippen molar-refractivity contribution >= 4 is 43.1 Å².